The fourth-order valence-electron chi connectivity index (χ4n) is 2.09. The second-order valence-corrected chi connectivity index (χ2v) is 4.82. The Balaban J connectivity index is 3.00. The van der Waals surface area contributed by atoms with Gasteiger partial charge in [0, 0.05) is 11.6 Å². The third kappa shape index (κ3) is 3.57. The Morgan fingerprint density at radius 3 is 2.39 bits per heavy atom. The molecule has 1 unspecified atom stereocenters. The molecule has 0 aliphatic rings. The van der Waals surface area contributed by atoms with Crippen LogP contribution in [0.25, 0.3) is 0 Å². The van der Waals surface area contributed by atoms with Crippen LogP contribution in [0.15, 0.2) is 6.33 Å². The van der Waals surface area contributed by atoms with E-state index in [-0.39, 0.29) is 0 Å². The molecule has 0 amide bonds. The zero-order chi connectivity index (χ0) is 13.5. The Hall–Kier alpha value is -1.36. The lowest BCUT2D eigenvalue weighted by atomic mass is 10.0. The van der Waals surface area contributed by atoms with Crippen molar-refractivity contribution in [3.63, 3.8) is 0 Å². The first kappa shape index (κ1) is 14.7. The van der Waals surface area contributed by atoms with Gasteiger partial charge in [0.25, 0.3) is 0 Å². The average molecular weight is 251 g/mol. The lowest BCUT2D eigenvalue weighted by molar-refractivity contribution is 0.618. The molecule has 1 atom stereocenters. The average Bonchev–Trinajstić information content (AvgIpc) is 2.37. The minimum atomic E-state index is 0.318. The van der Waals surface area contributed by atoms with Crippen LogP contribution in [-0.2, 0) is 0 Å². The summed E-state index contributed by atoms with van der Waals surface area (Å²) >= 11 is 0. The molecule has 0 saturated carbocycles. The van der Waals surface area contributed by atoms with E-state index in [0.29, 0.717) is 17.8 Å². The zero-order valence-corrected chi connectivity index (χ0v) is 11.8. The van der Waals surface area contributed by atoms with Crippen LogP contribution in [0.2, 0.25) is 0 Å². The topological polar surface area (TPSA) is 75.9 Å². The molecule has 0 spiro atoms. The Morgan fingerprint density at radius 2 is 1.89 bits per heavy atom. The van der Waals surface area contributed by atoms with Gasteiger partial charge < -0.3 is 10.7 Å². The molecule has 0 saturated heterocycles. The highest BCUT2D eigenvalue weighted by Crippen LogP contribution is 2.28. The molecule has 0 bridgehead atoms. The van der Waals surface area contributed by atoms with Crippen molar-refractivity contribution in [2.24, 2.45) is 5.84 Å². The molecular weight excluding hydrogens is 226 g/mol. The molecule has 0 aliphatic carbocycles. The SMILES string of the molecule is CCCC(CC)Nc1ncnc(NN)c1C(C)C. The van der Waals surface area contributed by atoms with Crippen LogP contribution in [0.3, 0.4) is 0 Å². The van der Waals surface area contributed by atoms with Gasteiger partial charge >= 0.3 is 0 Å². The largest absolute Gasteiger partial charge is 0.367 e. The van der Waals surface area contributed by atoms with Gasteiger partial charge in [-0.2, -0.15) is 0 Å². The van der Waals surface area contributed by atoms with Gasteiger partial charge in [0.05, 0.1) is 0 Å². The lowest BCUT2D eigenvalue weighted by Gasteiger charge is -2.21. The summed E-state index contributed by atoms with van der Waals surface area (Å²) in [5, 5.41) is 3.51. The summed E-state index contributed by atoms with van der Waals surface area (Å²) in [7, 11) is 0. The predicted octanol–water partition coefficient (Wildman–Crippen LogP) is 2.88. The standard InChI is InChI=1S/C13H25N5/c1-5-7-10(6-2)17-12-11(9(3)4)13(18-14)16-8-15-12/h8-10H,5-7,14H2,1-4H3,(H2,15,16,17,18). The van der Waals surface area contributed by atoms with Gasteiger partial charge in [0.1, 0.15) is 18.0 Å². The number of hydrogen-bond acceptors (Lipinski definition) is 5. The zero-order valence-electron chi connectivity index (χ0n) is 11.8. The Kier molecular flexibility index (Phi) is 5.85. The van der Waals surface area contributed by atoms with E-state index >= 15 is 0 Å². The molecule has 18 heavy (non-hydrogen) atoms. The maximum Gasteiger partial charge on any atom is 0.148 e. The van der Waals surface area contributed by atoms with Crippen molar-refractivity contribution in [1.29, 1.82) is 0 Å². The van der Waals surface area contributed by atoms with Crippen LogP contribution in [0.1, 0.15) is 58.4 Å². The minimum absolute atomic E-state index is 0.318. The Morgan fingerprint density at radius 1 is 1.22 bits per heavy atom. The third-order valence-corrected chi connectivity index (χ3v) is 3.07. The molecule has 5 heteroatoms. The van der Waals surface area contributed by atoms with Crippen molar-refractivity contribution in [1.82, 2.24) is 9.97 Å². The monoisotopic (exact) mass is 251 g/mol. The number of anilines is 2. The molecule has 1 aromatic rings. The van der Waals surface area contributed by atoms with Gasteiger partial charge in [-0.3, -0.25) is 0 Å². The second-order valence-electron chi connectivity index (χ2n) is 4.82. The first-order valence-electron chi connectivity index (χ1n) is 6.72. The van der Waals surface area contributed by atoms with Crippen molar-refractivity contribution in [3.8, 4) is 0 Å². The summed E-state index contributed by atoms with van der Waals surface area (Å²) in [5.74, 6) is 7.43. The summed E-state index contributed by atoms with van der Waals surface area (Å²) in [5.41, 5.74) is 3.70. The highest BCUT2D eigenvalue weighted by atomic mass is 15.3. The normalized spacial score (nSPS) is 12.6. The molecule has 0 fully saturated rings. The summed E-state index contributed by atoms with van der Waals surface area (Å²) in [4.78, 5) is 8.53. The van der Waals surface area contributed by atoms with E-state index in [4.69, 9.17) is 5.84 Å². The van der Waals surface area contributed by atoms with Crippen molar-refractivity contribution < 1.29 is 0 Å². The fraction of sp³-hybridized carbons (Fsp3) is 0.692. The van der Waals surface area contributed by atoms with E-state index in [0.717, 1.165) is 30.6 Å². The molecule has 0 aliphatic heterocycles. The van der Waals surface area contributed by atoms with E-state index in [9.17, 15) is 0 Å². The molecule has 0 radical (unpaired) electrons. The summed E-state index contributed by atoms with van der Waals surface area (Å²) in [6.45, 7) is 8.61. The summed E-state index contributed by atoms with van der Waals surface area (Å²) in [6, 6.07) is 0.452. The van der Waals surface area contributed by atoms with Crippen LogP contribution in [-0.4, -0.2) is 16.0 Å². The third-order valence-electron chi connectivity index (χ3n) is 3.07. The first-order chi connectivity index (χ1) is 8.63. The summed E-state index contributed by atoms with van der Waals surface area (Å²) < 4.78 is 0. The van der Waals surface area contributed by atoms with Crippen LogP contribution in [0.4, 0.5) is 11.6 Å². The van der Waals surface area contributed by atoms with Crippen molar-refractivity contribution in [2.75, 3.05) is 10.7 Å². The van der Waals surface area contributed by atoms with Crippen molar-refractivity contribution in [2.45, 2.75) is 58.9 Å². The maximum atomic E-state index is 5.51. The lowest BCUT2D eigenvalue weighted by Crippen LogP contribution is -2.22. The van der Waals surface area contributed by atoms with Gasteiger partial charge in [-0.15, -0.1) is 0 Å². The number of aromatic nitrogens is 2. The number of nitrogens with zero attached hydrogens (tertiary/aromatic N) is 2. The maximum absolute atomic E-state index is 5.51. The smallest absolute Gasteiger partial charge is 0.148 e. The van der Waals surface area contributed by atoms with Gasteiger partial charge in [-0.1, -0.05) is 34.1 Å². The molecule has 1 rings (SSSR count). The van der Waals surface area contributed by atoms with E-state index in [1.807, 2.05) is 0 Å². The highest BCUT2D eigenvalue weighted by molar-refractivity contribution is 5.58. The van der Waals surface area contributed by atoms with Crippen LogP contribution >= 0.6 is 0 Å². The number of nitrogens with one attached hydrogen (secondary N) is 2. The predicted molar refractivity (Wildman–Crippen MR) is 76.5 cm³/mol. The number of hydrogen-bond donors (Lipinski definition) is 3. The van der Waals surface area contributed by atoms with E-state index in [1.54, 1.807) is 6.33 Å². The molecule has 5 nitrogen and oxygen atoms in total. The molecule has 102 valence electrons. The van der Waals surface area contributed by atoms with Crippen LogP contribution in [0, 0.1) is 0 Å². The first-order valence-corrected chi connectivity index (χ1v) is 6.72. The Bertz CT molecular complexity index is 364. The molecule has 4 N–H and O–H groups in total. The van der Waals surface area contributed by atoms with E-state index in [1.165, 1.54) is 0 Å². The molecule has 1 heterocycles. The number of nitrogen functional groups attached to an aromatic ring is 1. The second kappa shape index (κ2) is 7.16. The molecule has 0 aromatic carbocycles. The van der Waals surface area contributed by atoms with Gasteiger partial charge in [0.2, 0.25) is 0 Å². The van der Waals surface area contributed by atoms with E-state index in [2.05, 4.69) is 48.4 Å². The quantitative estimate of drug-likeness (QED) is 0.513. The fourth-order valence-corrected chi connectivity index (χ4v) is 2.09. The molecule has 1 aromatic heterocycles. The Labute approximate surface area is 110 Å². The highest BCUT2D eigenvalue weighted by Gasteiger charge is 2.16. The van der Waals surface area contributed by atoms with Crippen LogP contribution < -0.4 is 16.6 Å². The summed E-state index contributed by atoms with van der Waals surface area (Å²) in [6.07, 6.45) is 4.93. The number of nitrogens with two attached hydrogens (primary N) is 1. The minimum Gasteiger partial charge on any atom is -0.367 e. The number of hydrazine groups is 1. The van der Waals surface area contributed by atoms with Gasteiger partial charge in [0.15, 0.2) is 0 Å². The van der Waals surface area contributed by atoms with Crippen molar-refractivity contribution >= 4 is 11.6 Å². The molecular formula is C13H25N5. The van der Waals surface area contributed by atoms with Crippen molar-refractivity contribution in [3.05, 3.63) is 11.9 Å². The van der Waals surface area contributed by atoms with Gasteiger partial charge in [-0.05, 0) is 18.8 Å². The number of rotatable bonds is 7. The van der Waals surface area contributed by atoms with Crippen LogP contribution in [0.5, 0.6) is 0 Å². The van der Waals surface area contributed by atoms with Gasteiger partial charge in [-0.25, -0.2) is 15.8 Å². The van der Waals surface area contributed by atoms with E-state index < -0.39 is 0 Å².